The van der Waals surface area contributed by atoms with Crippen molar-refractivity contribution in [2.45, 2.75) is 34.2 Å². The fraction of sp³-hybridized carbons (Fsp3) is 0.450. The van der Waals surface area contributed by atoms with E-state index in [0.717, 1.165) is 11.1 Å². The van der Waals surface area contributed by atoms with Crippen molar-refractivity contribution in [2.75, 3.05) is 25.9 Å². The minimum absolute atomic E-state index is 0.0129. The number of fused-ring (bicyclic) bond motifs is 2. The number of amides is 1. The number of aryl methyl sites for hydroxylation is 2. The van der Waals surface area contributed by atoms with Crippen molar-refractivity contribution < 1.29 is 18.4 Å². The molecule has 11 nitrogen and oxygen atoms in total. The molecule has 0 saturated carbocycles. The van der Waals surface area contributed by atoms with Crippen LogP contribution < -0.4 is 16.6 Å². The highest BCUT2D eigenvalue weighted by atomic mass is 31.2. The lowest BCUT2D eigenvalue weighted by Crippen LogP contribution is -2.33. The second-order valence-electron chi connectivity index (χ2n) is 7.19. The fourth-order valence-corrected chi connectivity index (χ4v) is 4.81. The zero-order valence-electron chi connectivity index (χ0n) is 18.4. The molecule has 1 amide bonds. The Balaban J connectivity index is 1.93. The number of carbonyl (C=O) groups is 1. The number of H-pyrrole nitrogens is 1. The van der Waals surface area contributed by atoms with Crippen LogP contribution >= 0.6 is 7.60 Å². The van der Waals surface area contributed by atoms with Crippen LogP contribution in [0.2, 0.25) is 0 Å². The molecule has 0 unspecified atom stereocenters. The summed E-state index contributed by atoms with van der Waals surface area (Å²) in [5.74, 6) is -0.407. The van der Waals surface area contributed by atoms with Crippen LogP contribution in [0.1, 0.15) is 25.0 Å². The van der Waals surface area contributed by atoms with Gasteiger partial charge in [-0.15, -0.1) is 0 Å². The minimum atomic E-state index is -3.29. The van der Waals surface area contributed by atoms with Crippen LogP contribution in [0, 0.1) is 13.8 Å². The lowest BCUT2D eigenvalue weighted by atomic mass is 10.1. The number of carbonyl (C=O) groups excluding carboxylic acids is 1. The van der Waals surface area contributed by atoms with Crippen molar-refractivity contribution >= 4 is 24.5 Å². The van der Waals surface area contributed by atoms with E-state index in [1.165, 1.54) is 4.57 Å². The molecule has 0 bridgehead atoms. The summed E-state index contributed by atoms with van der Waals surface area (Å²) in [6.07, 6.45) is 0.0177. The number of rotatable bonds is 9. The maximum absolute atomic E-state index is 12.7. The molecule has 0 aliphatic carbocycles. The van der Waals surface area contributed by atoms with Gasteiger partial charge in [0.15, 0.2) is 11.5 Å². The predicted octanol–water partition coefficient (Wildman–Crippen LogP) is 1.58. The first-order valence-corrected chi connectivity index (χ1v) is 12.0. The molecule has 1 aromatic carbocycles. The standard InChI is InChI=1S/C20H26N5O6P/c1-5-30-32(29,31-6-2)8-7-21-16(26)11-25-15-10-13(4)12(3)9-14(15)22-17-18(25)23-20(28)24-19(17)27/h9-10H,5-8,11H2,1-4H3,(H,21,26)(H,24,27,28). The van der Waals surface area contributed by atoms with Gasteiger partial charge in [-0.1, -0.05) is 0 Å². The Morgan fingerprint density at radius 1 is 1.12 bits per heavy atom. The third kappa shape index (κ3) is 5.12. The van der Waals surface area contributed by atoms with Gasteiger partial charge in [-0.25, -0.2) is 9.78 Å². The quantitative estimate of drug-likeness (QED) is 0.359. The summed E-state index contributed by atoms with van der Waals surface area (Å²) >= 11 is 0. The monoisotopic (exact) mass is 463 g/mol. The van der Waals surface area contributed by atoms with Crippen LogP contribution in [-0.2, 0) is 25.0 Å². The molecule has 0 fully saturated rings. The topological polar surface area (TPSA) is 145 Å². The molecule has 0 aromatic heterocycles. The summed E-state index contributed by atoms with van der Waals surface area (Å²) in [6, 6.07) is 3.64. The fourth-order valence-electron chi connectivity index (χ4n) is 3.30. The van der Waals surface area contributed by atoms with E-state index in [-0.39, 0.29) is 44.0 Å². The second kappa shape index (κ2) is 9.72. The molecular formula is C20H26N5O6P. The summed E-state index contributed by atoms with van der Waals surface area (Å²) in [4.78, 5) is 47.2. The van der Waals surface area contributed by atoms with Crippen molar-refractivity contribution in [2.24, 2.45) is 0 Å². The van der Waals surface area contributed by atoms with Gasteiger partial charge >= 0.3 is 13.3 Å². The Hall–Kier alpha value is -2.88. The van der Waals surface area contributed by atoms with E-state index in [0.29, 0.717) is 11.0 Å². The molecule has 12 heteroatoms. The van der Waals surface area contributed by atoms with Gasteiger partial charge in [0.1, 0.15) is 6.54 Å². The number of nitrogens with zero attached hydrogens (tertiary/aromatic N) is 3. The molecule has 172 valence electrons. The van der Waals surface area contributed by atoms with E-state index in [4.69, 9.17) is 9.05 Å². The predicted molar refractivity (Wildman–Crippen MR) is 119 cm³/mol. The summed E-state index contributed by atoms with van der Waals surface area (Å²) in [5, 5.41) is 2.68. The number of benzene rings is 1. The summed E-state index contributed by atoms with van der Waals surface area (Å²) in [5.41, 5.74) is 1.44. The first kappa shape index (κ1) is 23.8. The smallest absolute Gasteiger partial charge is 0.349 e. The minimum Gasteiger partial charge on any atom is -0.354 e. The Kier molecular flexibility index (Phi) is 7.22. The Labute approximate surface area is 184 Å². The molecule has 0 saturated heterocycles. The Bertz CT molecular complexity index is 1270. The van der Waals surface area contributed by atoms with E-state index in [1.54, 1.807) is 13.8 Å². The van der Waals surface area contributed by atoms with Crippen LogP contribution in [0.25, 0.3) is 22.6 Å². The molecular weight excluding hydrogens is 437 g/mol. The number of aromatic amines is 1. The summed E-state index contributed by atoms with van der Waals surface area (Å²) in [6.45, 7) is 7.55. The zero-order valence-corrected chi connectivity index (χ0v) is 19.3. The van der Waals surface area contributed by atoms with Crippen LogP contribution in [-0.4, -0.2) is 51.3 Å². The first-order chi connectivity index (χ1) is 15.2. The molecule has 2 N–H and O–H groups in total. The summed E-state index contributed by atoms with van der Waals surface area (Å²) in [7, 11) is -3.29. The second-order valence-corrected chi connectivity index (χ2v) is 9.37. The third-order valence-electron chi connectivity index (χ3n) is 4.89. The zero-order chi connectivity index (χ0) is 23.5. The molecule has 2 aliphatic rings. The Morgan fingerprint density at radius 2 is 1.78 bits per heavy atom. The molecule has 0 spiro atoms. The molecule has 1 aromatic rings. The van der Waals surface area contributed by atoms with Crippen molar-refractivity contribution in [1.29, 1.82) is 0 Å². The van der Waals surface area contributed by atoms with Crippen LogP contribution in [0.4, 0.5) is 0 Å². The molecule has 0 radical (unpaired) electrons. The Morgan fingerprint density at radius 3 is 2.44 bits per heavy atom. The summed E-state index contributed by atoms with van der Waals surface area (Å²) < 4.78 is 24.5. The van der Waals surface area contributed by atoms with Crippen LogP contribution in [0.3, 0.4) is 0 Å². The van der Waals surface area contributed by atoms with E-state index in [9.17, 15) is 18.9 Å². The van der Waals surface area contributed by atoms with Gasteiger partial charge in [-0.05, 0) is 51.0 Å². The normalized spacial score (nSPS) is 11.9. The van der Waals surface area contributed by atoms with Crippen LogP contribution in [0.15, 0.2) is 21.7 Å². The van der Waals surface area contributed by atoms with Gasteiger partial charge in [0.2, 0.25) is 5.91 Å². The number of nitrogens with one attached hydrogen (secondary N) is 2. The number of hydrogen-bond donors (Lipinski definition) is 2. The van der Waals surface area contributed by atoms with E-state index in [1.807, 2.05) is 26.0 Å². The molecule has 2 aliphatic heterocycles. The average molecular weight is 463 g/mol. The highest BCUT2D eigenvalue weighted by molar-refractivity contribution is 7.53. The third-order valence-corrected chi connectivity index (χ3v) is 6.96. The largest absolute Gasteiger partial charge is 0.354 e. The van der Waals surface area contributed by atoms with Gasteiger partial charge in [-0.2, -0.15) is 4.98 Å². The highest BCUT2D eigenvalue weighted by Gasteiger charge is 2.24. The lowest BCUT2D eigenvalue weighted by molar-refractivity contribution is -0.121. The van der Waals surface area contributed by atoms with Crippen LogP contribution in [0.5, 0.6) is 0 Å². The van der Waals surface area contributed by atoms with Gasteiger partial charge in [0.05, 0.1) is 30.4 Å². The van der Waals surface area contributed by atoms with E-state index in [2.05, 4.69) is 20.3 Å². The maximum Gasteiger partial charge on any atom is 0.349 e. The van der Waals surface area contributed by atoms with E-state index < -0.39 is 24.8 Å². The van der Waals surface area contributed by atoms with Crippen molar-refractivity contribution in [3.8, 4) is 11.5 Å². The molecule has 0 atom stereocenters. The van der Waals surface area contributed by atoms with E-state index >= 15 is 0 Å². The SMILES string of the molecule is CCOP(=O)(CCNC(=O)Cn1c2nc(=O)[nH]c(=O)c-2nc2cc(C)c(C)cc21)OCC. The van der Waals surface area contributed by atoms with Crippen molar-refractivity contribution in [3.05, 3.63) is 44.1 Å². The van der Waals surface area contributed by atoms with Gasteiger partial charge in [0, 0.05) is 6.54 Å². The van der Waals surface area contributed by atoms with Gasteiger partial charge in [0.25, 0.3) is 5.56 Å². The van der Waals surface area contributed by atoms with Gasteiger partial charge < -0.3 is 18.9 Å². The molecule has 2 heterocycles. The average Bonchev–Trinajstić information content (AvgIpc) is 2.70. The van der Waals surface area contributed by atoms with Crippen molar-refractivity contribution in [3.63, 3.8) is 0 Å². The molecule has 3 rings (SSSR count). The molecule has 32 heavy (non-hydrogen) atoms. The first-order valence-electron chi connectivity index (χ1n) is 10.2. The van der Waals surface area contributed by atoms with Gasteiger partial charge in [-0.3, -0.25) is 19.1 Å². The lowest BCUT2D eigenvalue weighted by Gasteiger charge is -2.19. The highest BCUT2D eigenvalue weighted by Crippen LogP contribution is 2.47. The maximum atomic E-state index is 12.7. The number of aromatic nitrogens is 4. The van der Waals surface area contributed by atoms with Crippen molar-refractivity contribution in [1.82, 2.24) is 24.8 Å². The number of hydrogen-bond acceptors (Lipinski definition) is 8.